The first-order chi connectivity index (χ1) is 11.8. The monoisotopic (exact) mass is 348 g/mol. The first-order valence-corrected chi connectivity index (χ1v) is 8.55. The molecule has 0 bridgehead atoms. The van der Waals surface area contributed by atoms with E-state index in [1.165, 1.54) is 12.1 Å². The van der Waals surface area contributed by atoms with Crippen LogP contribution in [0.2, 0.25) is 0 Å². The summed E-state index contributed by atoms with van der Waals surface area (Å²) in [4.78, 5) is 2.26. The van der Waals surface area contributed by atoms with Gasteiger partial charge in [-0.2, -0.15) is 13.2 Å². The van der Waals surface area contributed by atoms with E-state index in [2.05, 4.69) is 28.4 Å². The Bertz CT molecular complexity index is 714. The molecule has 1 atom stereocenters. The van der Waals surface area contributed by atoms with E-state index in [1.54, 1.807) is 6.07 Å². The van der Waals surface area contributed by atoms with Crippen LogP contribution in [-0.4, -0.2) is 31.1 Å². The van der Waals surface area contributed by atoms with Crippen LogP contribution in [0.5, 0.6) is 0 Å². The molecule has 1 N–H and O–H groups in total. The van der Waals surface area contributed by atoms with Crippen LogP contribution in [0.3, 0.4) is 0 Å². The fourth-order valence-electron chi connectivity index (χ4n) is 3.61. The van der Waals surface area contributed by atoms with Crippen LogP contribution in [0.15, 0.2) is 42.5 Å². The molecular formula is C20H23F3N2. The summed E-state index contributed by atoms with van der Waals surface area (Å²) in [5.74, 6) is 0. The SMILES string of the molecule is Cc1cc(C)cc(C(c2cccc(C(F)(F)F)c2)N2CCNCC2)c1. The van der Waals surface area contributed by atoms with E-state index in [1.807, 2.05) is 13.8 Å². The van der Waals surface area contributed by atoms with Gasteiger partial charge >= 0.3 is 6.18 Å². The van der Waals surface area contributed by atoms with E-state index in [4.69, 9.17) is 0 Å². The lowest BCUT2D eigenvalue weighted by Gasteiger charge is -2.36. The van der Waals surface area contributed by atoms with Gasteiger partial charge in [0, 0.05) is 26.2 Å². The summed E-state index contributed by atoms with van der Waals surface area (Å²) < 4.78 is 39.5. The van der Waals surface area contributed by atoms with Crippen molar-refractivity contribution in [2.45, 2.75) is 26.1 Å². The maximum absolute atomic E-state index is 13.2. The summed E-state index contributed by atoms with van der Waals surface area (Å²) in [5.41, 5.74) is 3.42. The highest BCUT2D eigenvalue weighted by Crippen LogP contribution is 2.35. The highest BCUT2D eigenvalue weighted by Gasteiger charge is 2.32. The van der Waals surface area contributed by atoms with Crippen LogP contribution < -0.4 is 5.32 Å². The Labute approximate surface area is 146 Å². The van der Waals surface area contributed by atoms with Crippen molar-refractivity contribution in [2.75, 3.05) is 26.2 Å². The summed E-state index contributed by atoms with van der Waals surface area (Å²) in [6.45, 7) is 7.37. The molecule has 1 aliphatic heterocycles. The van der Waals surface area contributed by atoms with Crippen molar-refractivity contribution in [3.05, 3.63) is 70.3 Å². The Morgan fingerprint density at radius 2 is 1.56 bits per heavy atom. The number of rotatable bonds is 3. The first kappa shape index (κ1) is 18.0. The number of halogens is 3. The third kappa shape index (κ3) is 4.22. The van der Waals surface area contributed by atoms with Gasteiger partial charge in [0.1, 0.15) is 0 Å². The molecule has 1 heterocycles. The first-order valence-electron chi connectivity index (χ1n) is 8.55. The summed E-state index contributed by atoms with van der Waals surface area (Å²) in [6.07, 6.45) is -4.33. The number of piperazine rings is 1. The number of hydrogen-bond acceptors (Lipinski definition) is 2. The smallest absolute Gasteiger partial charge is 0.314 e. The normalized spacial score (nSPS) is 17.5. The highest BCUT2D eigenvalue weighted by atomic mass is 19.4. The van der Waals surface area contributed by atoms with Gasteiger partial charge in [-0.05, 0) is 37.1 Å². The molecule has 0 spiro atoms. The molecule has 0 amide bonds. The lowest BCUT2D eigenvalue weighted by atomic mass is 9.92. The summed E-state index contributed by atoms with van der Waals surface area (Å²) in [6, 6.07) is 11.8. The van der Waals surface area contributed by atoms with Gasteiger partial charge in [0.05, 0.1) is 11.6 Å². The molecule has 1 unspecified atom stereocenters. The van der Waals surface area contributed by atoms with Crippen molar-refractivity contribution in [1.82, 2.24) is 10.2 Å². The second kappa shape index (κ2) is 7.18. The molecular weight excluding hydrogens is 325 g/mol. The van der Waals surface area contributed by atoms with Crippen molar-refractivity contribution in [3.8, 4) is 0 Å². The number of nitrogens with zero attached hydrogens (tertiary/aromatic N) is 1. The minimum absolute atomic E-state index is 0.164. The topological polar surface area (TPSA) is 15.3 Å². The standard InChI is InChI=1S/C20H23F3N2/c1-14-10-15(2)12-17(11-14)19(25-8-6-24-7-9-25)16-4-3-5-18(13-16)20(21,22)23/h3-5,10-13,19,24H,6-9H2,1-2H3. The van der Waals surface area contributed by atoms with Gasteiger partial charge in [-0.25, -0.2) is 0 Å². The summed E-state index contributed by atoms with van der Waals surface area (Å²) in [5, 5.41) is 3.31. The molecule has 1 aliphatic rings. The van der Waals surface area contributed by atoms with Gasteiger partial charge in [0.2, 0.25) is 0 Å². The lowest BCUT2D eigenvalue weighted by molar-refractivity contribution is -0.137. The number of aryl methyl sites for hydroxylation is 2. The maximum Gasteiger partial charge on any atom is 0.416 e. The third-order valence-electron chi connectivity index (χ3n) is 4.61. The molecule has 25 heavy (non-hydrogen) atoms. The van der Waals surface area contributed by atoms with Gasteiger partial charge in [-0.1, -0.05) is 41.5 Å². The lowest BCUT2D eigenvalue weighted by Crippen LogP contribution is -2.45. The van der Waals surface area contributed by atoms with Crippen molar-refractivity contribution >= 4 is 0 Å². The van der Waals surface area contributed by atoms with Crippen LogP contribution in [0.4, 0.5) is 13.2 Å². The van der Waals surface area contributed by atoms with Gasteiger partial charge in [0.25, 0.3) is 0 Å². The number of hydrogen-bond donors (Lipinski definition) is 1. The van der Waals surface area contributed by atoms with Crippen LogP contribution in [0.25, 0.3) is 0 Å². The van der Waals surface area contributed by atoms with E-state index in [9.17, 15) is 13.2 Å². The van der Waals surface area contributed by atoms with Crippen LogP contribution in [0.1, 0.15) is 33.9 Å². The molecule has 0 aromatic heterocycles. The average molecular weight is 348 g/mol. The zero-order chi connectivity index (χ0) is 18.0. The molecule has 1 saturated heterocycles. The molecule has 2 aromatic carbocycles. The molecule has 2 nitrogen and oxygen atoms in total. The Hall–Kier alpha value is -1.85. The predicted octanol–water partition coefficient (Wildman–Crippen LogP) is 4.32. The zero-order valence-electron chi connectivity index (χ0n) is 14.5. The molecule has 0 radical (unpaired) electrons. The molecule has 2 aromatic rings. The van der Waals surface area contributed by atoms with Crippen molar-refractivity contribution in [2.24, 2.45) is 0 Å². The highest BCUT2D eigenvalue weighted by molar-refractivity contribution is 5.39. The number of nitrogens with one attached hydrogen (secondary N) is 1. The quantitative estimate of drug-likeness (QED) is 0.889. The van der Waals surface area contributed by atoms with Crippen LogP contribution >= 0.6 is 0 Å². The average Bonchev–Trinajstić information content (AvgIpc) is 2.55. The van der Waals surface area contributed by atoms with Gasteiger partial charge in [-0.3, -0.25) is 4.90 Å². The Kier molecular flexibility index (Phi) is 5.16. The minimum atomic E-state index is -4.33. The third-order valence-corrected chi connectivity index (χ3v) is 4.61. The number of benzene rings is 2. The van der Waals surface area contributed by atoms with Crippen molar-refractivity contribution in [3.63, 3.8) is 0 Å². The van der Waals surface area contributed by atoms with E-state index in [0.717, 1.165) is 48.9 Å². The molecule has 0 aliphatic carbocycles. The Morgan fingerprint density at radius 1 is 0.920 bits per heavy atom. The zero-order valence-corrected chi connectivity index (χ0v) is 14.5. The molecule has 0 saturated carbocycles. The second-order valence-corrected chi connectivity index (χ2v) is 6.73. The van der Waals surface area contributed by atoms with Crippen molar-refractivity contribution in [1.29, 1.82) is 0 Å². The van der Waals surface area contributed by atoms with E-state index in [-0.39, 0.29) is 6.04 Å². The minimum Gasteiger partial charge on any atom is -0.314 e. The van der Waals surface area contributed by atoms with Crippen molar-refractivity contribution < 1.29 is 13.2 Å². The van der Waals surface area contributed by atoms with Gasteiger partial charge in [0.15, 0.2) is 0 Å². The maximum atomic E-state index is 13.2. The molecule has 3 rings (SSSR count). The molecule has 1 fully saturated rings. The summed E-state index contributed by atoms with van der Waals surface area (Å²) >= 11 is 0. The predicted molar refractivity (Wildman–Crippen MR) is 93.6 cm³/mol. The van der Waals surface area contributed by atoms with E-state index >= 15 is 0 Å². The summed E-state index contributed by atoms with van der Waals surface area (Å²) in [7, 11) is 0. The molecule has 5 heteroatoms. The molecule has 134 valence electrons. The van der Waals surface area contributed by atoms with E-state index < -0.39 is 11.7 Å². The fraction of sp³-hybridized carbons (Fsp3) is 0.400. The largest absolute Gasteiger partial charge is 0.416 e. The van der Waals surface area contributed by atoms with Crippen LogP contribution in [-0.2, 0) is 6.18 Å². The van der Waals surface area contributed by atoms with Gasteiger partial charge < -0.3 is 5.32 Å². The Morgan fingerprint density at radius 3 is 2.16 bits per heavy atom. The number of alkyl halides is 3. The fourth-order valence-corrected chi connectivity index (χ4v) is 3.61. The van der Waals surface area contributed by atoms with Gasteiger partial charge in [-0.15, -0.1) is 0 Å². The second-order valence-electron chi connectivity index (χ2n) is 6.73. The van der Waals surface area contributed by atoms with Crippen LogP contribution in [0, 0.1) is 13.8 Å². The van der Waals surface area contributed by atoms with E-state index in [0.29, 0.717) is 5.56 Å². The Balaban J connectivity index is 2.08.